The van der Waals surface area contributed by atoms with Crippen LogP contribution in [0.3, 0.4) is 0 Å². The van der Waals surface area contributed by atoms with E-state index in [9.17, 15) is 5.11 Å². The zero-order chi connectivity index (χ0) is 13.5. The molecular weight excluding hydrogens is 258 g/mol. The first kappa shape index (κ1) is 11.3. The molecule has 0 fully saturated rings. The average Bonchev–Trinajstić information content (AvgIpc) is 3.05. The van der Waals surface area contributed by atoms with Gasteiger partial charge < -0.3 is 24.6 Å². The zero-order valence-electron chi connectivity index (χ0n) is 10.6. The summed E-state index contributed by atoms with van der Waals surface area (Å²) >= 11 is 0. The molecule has 0 amide bonds. The van der Waals surface area contributed by atoms with Crippen LogP contribution >= 0.6 is 0 Å². The van der Waals surface area contributed by atoms with Gasteiger partial charge in [0, 0.05) is 23.4 Å². The summed E-state index contributed by atoms with van der Waals surface area (Å²) in [6.45, 7) is 0.806. The molecule has 5 nitrogen and oxygen atoms in total. The highest BCUT2D eigenvalue weighted by atomic mass is 16.7. The minimum absolute atomic E-state index is 0.0611. The zero-order valence-corrected chi connectivity index (χ0v) is 10.6. The van der Waals surface area contributed by atoms with E-state index >= 15 is 0 Å². The van der Waals surface area contributed by atoms with Gasteiger partial charge in [-0.25, -0.2) is 0 Å². The van der Waals surface area contributed by atoms with Gasteiger partial charge in [-0.05, 0) is 24.3 Å². The Morgan fingerprint density at radius 3 is 2.80 bits per heavy atom. The van der Waals surface area contributed by atoms with Gasteiger partial charge in [0.25, 0.3) is 0 Å². The largest absolute Gasteiger partial charge is 0.508 e. The number of ether oxygens (including phenoxy) is 3. The number of phenols is 1. The minimum Gasteiger partial charge on any atom is -0.508 e. The molecule has 4 rings (SSSR count). The van der Waals surface area contributed by atoms with Gasteiger partial charge in [0.2, 0.25) is 6.79 Å². The lowest BCUT2D eigenvalue weighted by molar-refractivity contribution is 0.174. The number of rotatable bonds is 2. The van der Waals surface area contributed by atoms with Gasteiger partial charge in [-0.2, -0.15) is 0 Å². The Morgan fingerprint density at radius 1 is 0.950 bits per heavy atom. The molecule has 0 aliphatic carbocycles. The van der Waals surface area contributed by atoms with E-state index in [0.29, 0.717) is 6.61 Å². The third kappa shape index (κ3) is 1.79. The summed E-state index contributed by atoms with van der Waals surface area (Å²) in [5, 5.41) is 12.9. The quantitative estimate of drug-likeness (QED) is 0.879. The van der Waals surface area contributed by atoms with Crippen molar-refractivity contribution in [1.82, 2.24) is 0 Å². The van der Waals surface area contributed by atoms with Crippen LogP contribution in [0.1, 0.15) is 11.6 Å². The number of fused-ring (bicyclic) bond motifs is 2. The number of aromatic hydroxyl groups is 1. The molecule has 2 aliphatic heterocycles. The second-order valence-corrected chi connectivity index (χ2v) is 4.80. The van der Waals surface area contributed by atoms with Gasteiger partial charge in [-0.1, -0.05) is 0 Å². The fourth-order valence-corrected chi connectivity index (χ4v) is 2.51. The summed E-state index contributed by atoms with van der Waals surface area (Å²) < 4.78 is 16.2. The van der Waals surface area contributed by atoms with Crippen LogP contribution in [0.15, 0.2) is 36.4 Å². The summed E-state index contributed by atoms with van der Waals surface area (Å²) in [6.07, 6.45) is 0. The molecule has 1 unspecified atom stereocenters. The Kier molecular flexibility index (Phi) is 2.39. The van der Waals surface area contributed by atoms with Crippen LogP contribution in [-0.2, 0) is 0 Å². The molecule has 2 N–H and O–H groups in total. The van der Waals surface area contributed by atoms with Crippen LogP contribution in [0.5, 0.6) is 23.0 Å². The minimum atomic E-state index is 0.0611. The second-order valence-electron chi connectivity index (χ2n) is 4.80. The summed E-state index contributed by atoms with van der Waals surface area (Å²) in [5.41, 5.74) is 1.99. The van der Waals surface area contributed by atoms with E-state index in [1.807, 2.05) is 24.3 Å². The highest BCUT2D eigenvalue weighted by molar-refractivity contribution is 5.58. The van der Waals surface area contributed by atoms with E-state index in [1.165, 1.54) is 0 Å². The lowest BCUT2D eigenvalue weighted by Gasteiger charge is -2.13. The van der Waals surface area contributed by atoms with Crippen LogP contribution in [-0.4, -0.2) is 18.5 Å². The monoisotopic (exact) mass is 271 g/mol. The Morgan fingerprint density at radius 2 is 1.85 bits per heavy atom. The van der Waals surface area contributed by atoms with E-state index in [0.717, 1.165) is 28.5 Å². The van der Waals surface area contributed by atoms with Crippen molar-refractivity contribution in [2.75, 3.05) is 18.7 Å². The van der Waals surface area contributed by atoms with Crippen molar-refractivity contribution >= 4 is 5.69 Å². The average molecular weight is 271 g/mol. The maximum absolute atomic E-state index is 9.45. The molecule has 102 valence electrons. The number of hydrogen-bond donors (Lipinski definition) is 2. The fourth-order valence-electron chi connectivity index (χ4n) is 2.51. The lowest BCUT2D eigenvalue weighted by atomic mass is 10.1. The topological polar surface area (TPSA) is 60.0 Å². The van der Waals surface area contributed by atoms with Gasteiger partial charge in [-0.15, -0.1) is 0 Å². The van der Waals surface area contributed by atoms with E-state index in [2.05, 4.69) is 5.32 Å². The highest BCUT2D eigenvalue weighted by Gasteiger charge is 2.25. The Bertz CT molecular complexity index is 671. The molecule has 0 radical (unpaired) electrons. The Labute approximate surface area is 115 Å². The van der Waals surface area contributed by atoms with E-state index in [1.54, 1.807) is 12.1 Å². The van der Waals surface area contributed by atoms with Crippen molar-refractivity contribution in [3.8, 4) is 23.0 Å². The first-order valence-electron chi connectivity index (χ1n) is 6.41. The lowest BCUT2D eigenvalue weighted by Crippen LogP contribution is -2.11. The van der Waals surface area contributed by atoms with Crippen LogP contribution < -0.4 is 19.5 Å². The maximum Gasteiger partial charge on any atom is 0.231 e. The first-order chi connectivity index (χ1) is 9.79. The SMILES string of the molecule is Oc1ccc2c(c1)OCC2Nc1ccc2c(c1)OCO2. The summed E-state index contributed by atoms with van der Waals surface area (Å²) in [6, 6.07) is 11.0. The number of benzene rings is 2. The molecule has 0 saturated carbocycles. The molecule has 0 saturated heterocycles. The third-order valence-corrected chi connectivity index (χ3v) is 3.49. The van der Waals surface area contributed by atoms with E-state index in [4.69, 9.17) is 14.2 Å². The van der Waals surface area contributed by atoms with Gasteiger partial charge in [0.1, 0.15) is 18.1 Å². The Hall–Kier alpha value is -2.56. The molecule has 2 aliphatic rings. The molecule has 5 heteroatoms. The molecule has 2 aromatic rings. The van der Waals surface area contributed by atoms with Crippen LogP contribution in [0.2, 0.25) is 0 Å². The smallest absolute Gasteiger partial charge is 0.231 e. The van der Waals surface area contributed by atoms with E-state index in [-0.39, 0.29) is 18.6 Å². The first-order valence-corrected chi connectivity index (χ1v) is 6.41. The summed E-state index contributed by atoms with van der Waals surface area (Å²) in [5.74, 6) is 2.46. The number of hydrogen-bond acceptors (Lipinski definition) is 5. The normalized spacial score (nSPS) is 18.5. The molecule has 0 aromatic heterocycles. The van der Waals surface area contributed by atoms with Crippen molar-refractivity contribution in [3.63, 3.8) is 0 Å². The van der Waals surface area contributed by atoms with Gasteiger partial charge in [0.05, 0.1) is 6.04 Å². The Balaban J connectivity index is 1.59. The van der Waals surface area contributed by atoms with Crippen molar-refractivity contribution < 1.29 is 19.3 Å². The van der Waals surface area contributed by atoms with Gasteiger partial charge in [0.15, 0.2) is 11.5 Å². The van der Waals surface area contributed by atoms with Crippen molar-refractivity contribution in [2.45, 2.75) is 6.04 Å². The van der Waals surface area contributed by atoms with Gasteiger partial charge in [-0.3, -0.25) is 0 Å². The number of nitrogens with one attached hydrogen (secondary N) is 1. The predicted molar refractivity (Wildman–Crippen MR) is 72.5 cm³/mol. The standard InChI is InChI=1S/C15H13NO4/c17-10-2-3-11-12(7-18-14(11)6-10)16-9-1-4-13-15(5-9)20-8-19-13/h1-6,12,16-17H,7-8H2. The predicted octanol–water partition coefficient (Wildman–Crippen LogP) is 2.67. The second kappa shape index (κ2) is 4.23. The number of anilines is 1. The molecule has 1 atom stereocenters. The molecule has 0 bridgehead atoms. The molecule has 2 aromatic carbocycles. The number of phenolic OH excluding ortho intramolecular Hbond substituents is 1. The maximum atomic E-state index is 9.45. The van der Waals surface area contributed by atoms with E-state index < -0.39 is 0 Å². The summed E-state index contributed by atoms with van der Waals surface area (Å²) in [4.78, 5) is 0. The molecule has 20 heavy (non-hydrogen) atoms. The molecule has 2 heterocycles. The van der Waals surface area contributed by atoms with Crippen molar-refractivity contribution in [3.05, 3.63) is 42.0 Å². The van der Waals surface area contributed by atoms with Crippen molar-refractivity contribution in [1.29, 1.82) is 0 Å². The third-order valence-electron chi connectivity index (χ3n) is 3.49. The molecular formula is C15H13NO4. The van der Waals surface area contributed by atoms with Crippen molar-refractivity contribution in [2.24, 2.45) is 0 Å². The van der Waals surface area contributed by atoms with Crippen LogP contribution in [0.25, 0.3) is 0 Å². The highest BCUT2D eigenvalue weighted by Crippen LogP contribution is 2.39. The van der Waals surface area contributed by atoms with Crippen LogP contribution in [0.4, 0.5) is 5.69 Å². The van der Waals surface area contributed by atoms with Crippen LogP contribution in [0, 0.1) is 0 Å². The summed E-state index contributed by atoms with van der Waals surface area (Å²) in [7, 11) is 0. The fraction of sp³-hybridized carbons (Fsp3) is 0.200. The van der Waals surface area contributed by atoms with Gasteiger partial charge >= 0.3 is 0 Å². The molecule has 0 spiro atoms.